The third kappa shape index (κ3) is 4.89. The number of hydrogen-bond acceptors (Lipinski definition) is 6. The number of amides is 1. The van der Waals surface area contributed by atoms with Crippen molar-refractivity contribution in [2.45, 2.75) is 0 Å². The smallest absolute Gasteiger partial charge is 0.259 e. The van der Waals surface area contributed by atoms with E-state index in [0.717, 1.165) is 37.7 Å². The second kappa shape index (κ2) is 10.5. The predicted molar refractivity (Wildman–Crippen MR) is 140 cm³/mol. The predicted octanol–water partition coefficient (Wildman–Crippen LogP) is 4.65. The number of para-hydroxylation sites is 1. The van der Waals surface area contributed by atoms with Crippen molar-refractivity contribution in [2.24, 2.45) is 0 Å². The molecule has 1 amide bonds. The molecule has 36 heavy (non-hydrogen) atoms. The van der Waals surface area contributed by atoms with Crippen LogP contribution in [0.15, 0.2) is 79.0 Å². The molecule has 3 aromatic carbocycles. The minimum absolute atomic E-state index is 0.267. The summed E-state index contributed by atoms with van der Waals surface area (Å²) in [6.07, 6.45) is 1.74. The van der Waals surface area contributed by atoms with Crippen LogP contribution in [0.5, 0.6) is 11.5 Å². The van der Waals surface area contributed by atoms with Gasteiger partial charge < -0.3 is 24.4 Å². The molecule has 1 aromatic heterocycles. The van der Waals surface area contributed by atoms with Crippen LogP contribution < -0.4 is 19.7 Å². The number of benzene rings is 3. The summed E-state index contributed by atoms with van der Waals surface area (Å²) in [5.41, 5.74) is 4.23. The monoisotopic (exact) mass is 484 g/mol. The molecule has 0 bridgehead atoms. The van der Waals surface area contributed by atoms with Gasteiger partial charge in [-0.2, -0.15) is 5.10 Å². The van der Waals surface area contributed by atoms with E-state index in [4.69, 9.17) is 19.3 Å². The van der Waals surface area contributed by atoms with Gasteiger partial charge in [0, 0.05) is 36.2 Å². The Balaban J connectivity index is 1.49. The fraction of sp³-hybridized carbons (Fsp3) is 0.214. The molecule has 1 fully saturated rings. The van der Waals surface area contributed by atoms with E-state index >= 15 is 0 Å². The van der Waals surface area contributed by atoms with Crippen LogP contribution >= 0.6 is 0 Å². The van der Waals surface area contributed by atoms with Gasteiger partial charge in [-0.3, -0.25) is 4.79 Å². The topological polar surface area (TPSA) is 77.8 Å². The highest BCUT2D eigenvalue weighted by Gasteiger charge is 2.22. The number of carbonyl (C=O) groups is 1. The first-order valence-electron chi connectivity index (χ1n) is 11.8. The van der Waals surface area contributed by atoms with Gasteiger partial charge in [-0.25, -0.2) is 4.68 Å². The molecular formula is C28H28N4O4. The van der Waals surface area contributed by atoms with Crippen molar-refractivity contribution in [3.63, 3.8) is 0 Å². The van der Waals surface area contributed by atoms with Crippen molar-refractivity contribution >= 4 is 17.3 Å². The maximum atomic E-state index is 13.5. The number of carbonyl (C=O) groups excluding carboxylic acids is 1. The fourth-order valence-corrected chi connectivity index (χ4v) is 4.23. The molecule has 1 aliphatic rings. The molecule has 184 valence electrons. The number of anilines is 2. The maximum absolute atomic E-state index is 13.5. The maximum Gasteiger partial charge on any atom is 0.259 e. The Kier molecular flexibility index (Phi) is 6.86. The van der Waals surface area contributed by atoms with Crippen LogP contribution in [-0.4, -0.2) is 56.2 Å². The third-order valence-corrected chi connectivity index (χ3v) is 6.14. The van der Waals surface area contributed by atoms with Crippen molar-refractivity contribution in [3.05, 3.63) is 84.6 Å². The second-order valence-electron chi connectivity index (χ2n) is 8.34. The Morgan fingerprint density at radius 3 is 2.36 bits per heavy atom. The van der Waals surface area contributed by atoms with E-state index in [9.17, 15) is 4.79 Å². The zero-order chi connectivity index (χ0) is 24.9. The summed E-state index contributed by atoms with van der Waals surface area (Å²) in [7, 11) is 3.19. The lowest BCUT2D eigenvalue weighted by Gasteiger charge is -2.28. The van der Waals surface area contributed by atoms with Crippen molar-refractivity contribution in [1.82, 2.24) is 9.78 Å². The van der Waals surface area contributed by atoms with Crippen LogP contribution in [0, 0.1) is 0 Å². The lowest BCUT2D eigenvalue weighted by atomic mass is 10.1. The molecule has 1 N–H and O–H groups in total. The largest absolute Gasteiger partial charge is 0.497 e. The number of ether oxygens (including phenoxy) is 3. The number of methoxy groups -OCH3 is 2. The van der Waals surface area contributed by atoms with E-state index in [0.29, 0.717) is 34.0 Å². The molecule has 8 heteroatoms. The van der Waals surface area contributed by atoms with Gasteiger partial charge in [0.05, 0.1) is 38.7 Å². The first kappa shape index (κ1) is 23.4. The number of rotatable bonds is 7. The molecule has 0 saturated carbocycles. The summed E-state index contributed by atoms with van der Waals surface area (Å²) in [5, 5.41) is 7.80. The van der Waals surface area contributed by atoms with Crippen LogP contribution in [-0.2, 0) is 4.74 Å². The number of hydrogen-bond donors (Lipinski definition) is 1. The Morgan fingerprint density at radius 1 is 0.917 bits per heavy atom. The molecule has 1 aliphatic heterocycles. The Labute approximate surface area is 210 Å². The normalized spacial score (nSPS) is 13.3. The summed E-state index contributed by atoms with van der Waals surface area (Å²) in [6, 6.07) is 23.0. The van der Waals surface area contributed by atoms with Crippen LogP contribution in [0.3, 0.4) is 0 Å². The molecule has 8 nitrogen and oxygen atoms in total. The zero-order valence-electron chi connectivity index (χ0n) is 20.3. The van der Waals surface area contributed by atoms with Gasteiger partial charge in [0.15, 0.2) is 0 Å². The van der Waals surface area contributed by atoms with E-state index in [-0.39, 0.29) is 5.91 Å². The van der Waals surface area contributed by atoms with E-state index < -0.39 is 0 Å². The quantitative estimate of drug-likeness (QED) is 0.412. The van der Waals surface area contributed by atoms with Gasteiger partial charge in [-0.1, -0.05) is 18.2 Å². The molecule has 1 saturated heterocycles. The summed E-state index contributed by atoms with van der Waals surface area (Å²) in [6.45, 7) is 3.16. The molecule has 0 spiro atoms. The molecule has 4 aromatic rings. The van der Waals surface area contributed by atoms with Gasteiger partial charge in [0.1, 0.15) is 17.2 Å². The van der Waals surface area contributed by atoms with Crippen molar-refractivity contribution in [3.8, 4) is 28.4 Å². The Morgan fingerprint density at radius 2 is 1.67 bits per heavy atom. The van der Waals surface area contributed by atoms with Crippen LogP contribution in [0.1, 0.15) is 10.4 Å². The van der Waals surface area contributed by atoms with Gasteiger partial charge in [-0.05, 0) is 54.6 Å². The SMILES string of the molecule is COc1ccc(OC)c(-c2nn(-c3ccccc3)cc2C(=O)Nc2ccc(N3CCOCC3)cc2)c1. The number of morpholine rings is 1. The summed E-state index contributed by atoms with van der Waals surface area (Å²) in [4.78, 5) is 15.8. The summed E-state index contributed by atoms with van der Waals surface area (Å²) in [5.74, 6) is 0.972. The van der Waals surface area contributed by atoms with Gasteiger partial charge in [-0.15, -0.1) is 0 Å². The lowest BCUT2D eigenvalue weighted by Crippen LogP contribution is -2.36. The van der Waals surface area contributed by atoms with Crippen molar-refractivity contribution in [1.29, 1.82) is 0 Å². The first-order valence-corrected chi connectivity index (χ1v) is 11.8. The van der Waals surface area contributed by atoms with Gasteiger partial charge >= 0.3 is 0 Å². The molecule has 0 unspecified atom stereocenters. The average molecular weight is 485 g/mol. The van der Waals surface area contributed by atoms with Crippen LogP contribution in [0.4, 0.5) is 11.4 Å². The zero-order valence-corrected chi connectivity index (χ0v) is 20.3. The number of aromatic nitrogens is 2. The van der Waals surface area contributed by atoms with Gasteiger partial charge in [0.2, 0.25) is 0 Å². The highest BCUT2D eigenvalue weighted by molar-refractivity contribution is 6.08. The minimum atomic E-state index is -0.267. The van der Waals surface area contributed by atoms with E-state index in [1.165, 1.54) is 0 Å². The van der Waals surface area contributed by atoms with E-state index in [2.05, 4.69) is 10.2 Å². The average Bonchev–Trinajstić information content (AvgIpc) is 3.40. The Bertz CT molecular complexity index is 1330. The van der Waals surface area contributed by atoms with Crippen molar-refractivity contribution < 1.29 is 19.0 Å². The highest BCUT2D eigenvalue weighted by atomic mass is 16.5. The Hall–Kier alpha value is -4.30. The molecule has 5 rings (SSSR count). The standard InChI is InChI=1S/C28H28N4O4/c1-34-23-12-13-26(35-2)24(18-23)27-25(19-32(30-27)22-6-4-3-5-7-22)28(33)29-20-8-10-21(11-9-20)31-14-16-36-17-15-31/h3-13,18-19H,14-17H2,1-2H3,(H,29,33). The van der Waals surface area contributed by atoms with E-state index in [1.54, 1.807) is 25.1 Å². The second-order valence-corrected chi connectivity index (χ2v) is 8.34. The summed E-state index contributed by atoms with van der Waals surface area (Å²) >= 11 is 0. The van der Waals surface area contributed by atoms with Crippen LogP contribution in [0.25, 0.3) is 16.9 Å². The molecule has 2 heterocycles. The molecule has 0 atom stereocenters. The summed E-state index contributed by atoms with van der Waals surface area (Å²) < 4.78 is 18.1. The number of nitrogens with zero attached hydrogens (tertiary/aromatic N) is 3. The highest BCUT2D eigenvalue weighted by Crippen LogP contribution is 2.35. The van der Waals surface area contributed by atoms with Gasteiger partial charge in [0.25, 0.3) is 5.91 Å². The first-order chi connectivity index (χ1) is 17.7. The number of nitrogens with one attached hydrogen (secondary N) is 1. The van der Waals surface area contributed by atoms with Crippen molar-refractivity contribution in [2.75, 3.05) is 50.7 Å². The van der Waals surface area contributed by atoms with Crippen LogP contribution in [0.2, 0.25) is 0 Å². The molecular weight excluding hydrogens is 456 g/mol. The third-order valence-electron chi connectivity index (χ3n) is 6.14. The fourth-order valence-electron chi connectivity index (χ4n) is 4.23. The van der Waals surface area contributed by atoms with E-state index in [1.807, 2.05) is 72.8 Å². The molecule has 0 radical (unpaired) electrons. The minimum Gasteiger partial charge on any atom is -0.497 e. The molecule has 0 aliphatic carbocycles. The lowest BCUT2D eigenvalue weighted by molar-refractivity contribution is 0.102.